The summed E-state index contributed by atoms with van der Waals surface area (Å²) in [6, 6.07) is 12.2. The molecular weight excluding hydrogens is 423 g/mol. The molecule has 0 spiro atoms. The third-order valence-electron chi connectivity index (χ3n) is 6.38. The number of hydrogen-bond donors (Lipinski definition) is 0. The van der Waals surface area contributed by atoms with Crippen molar-refractivity contribution >= 4 is 16.9 Å². The van der Waals surface area contributed by atoms with E-state index in [0.29, 0.717) is 55.1 Å². The molecule has 0 bridgehead atoms. The molecule has 3 aromatic rings. The monoisotopic (exact) mass is 452 g/mol. The highest BCUT2D eigenvalue weighted by Crippen LogP contribution is 2.24. The van der Waals surface area contributed by atoms with E-state index in [9.17, 15) is 14.0 Å². The first-order valence-electron chi connectivity index (χ1n) is 11.3. The highest BCUT2D eigenvalue weighted by atomic mass is 19.1. The molecule has 0 unspecified atom stereocenters. The van der Waals surface area contributed by atoms with Crippen molar-refractivity contribution in [3.05, 3.63) is 75.4 Å². The Morgan fingerprint density at radius 1 is 1.12 bits per heavy atom. The zero-order valence-corrected chi connectivity index (χ0v) is 19.1. The first-order chi connectivity index (χ1) is 16.0. The smallest absolute Gasteiger partial charge is 0.339 e. The van der Waals surface area contributed by atoms with Gasteiger partial charge in [0.15, 0.2) is 0 Å². The van der Waals surface area contributed by atoms with Crippen LogP contribution in [0.2, 0.25) is 0 Å². The number of fused-ring (bicyclic) bond motifs is 1. The van der Waals surface area contributed by atoms with Crippen LogP contribution in [0.4, 0.5) is 4.39 Å². The fraction of sp³-hybridized carbons (Fsp3) is 0.385. The first-order valence-corrected chi connectivity index (χ1v) is 11.3. The highest BCUT2D eigenvalue weighted by molar-refractivity contribution is 5.82. The summed E-state index contributed by atoms with van der Waals surface area (Å²) in [6.07, 6.45) is 1.42. The number of amides is 1. The van der Waals surface area contributed by atoms with Crippen molar-refractivity contribution in [3.63, 3.8) is 0 Å². The van der Waals surface area contributed by atoms with Gasteiger partial charge < -0.3 is 14.1 Å². The van der Waals surface area contributed by atoms with Crippen LogP contribution in [0.5, 0.6) is 5.75 Å². The van der Waals surface area contributed by atoms with E-state index in [4.69, 9.17) is 9.15 Å². The molecule has 1 saturated heterocycles. The minimum Gasteiger partial charge on any atom is -0.497 e. The summed E-state index contributed by atoms with van der Waals surface area (Å²) in [4.78, 5) is 29.5. The van der Waals surface area contributed by atoms with Gasteiger partial charge in [0.2, 0.25) is 5.91 Å². The molecule has 4 rings (SSSR count). The van der Waals surface area contributed by atoms with Crippen LogP contribution in [0.25, 0.3) is 11.0 Å². The van der Waals surface area contributed by atoms with Crippen LogP contribution in [-0.2, 0) is 17.8 Å². The summed E-state index contributed by atoms with van der Waals surface area (Å²) < 4.78 is 24.7. The molecule has 0 radical (unpaired) electrons. The number of benzene rings is 2. The number of methoxy groups -OCH3 is 1. The van der Waals surface area contributed by atoms with Gasteiger partial charge in [0.05, 0.1) is 7.11 Å². The van der Waals surface area contributed by atoms with Crippen molar-refractivity contribution in [2.45, 2.75) is 32.7 Å². The minimum atomic E-state index is -0.409. The third kappa shape index (κ3) is 5.25. The molecule has 1 aliphatic heterocycles. The predicted molar refractivity (Wildman–Crippen MR) is 125 cm³/mol. The van der Waals surface area contributed by atoms with Gasteiger partial charge >= 0.3 is 5.63 Å². The molecule has 2 aromatic carbocycles. The maximum Gasteiger partial charge on any atom is 0.339 e. The van der Waals surface area contributed by atoms with Crippen molar-refractivity contribution in [3.8, 4) is 5.75 Å². The van der Waals surface area contributed by atoms with Crippen LogP contribution in [0.3, 0.4) is 0 Å². The van der Waals surface area contributed by atoms with Gasteiger partial charge in [-0.3, -0.25) is 9.69 Å². The number of nitrogens with zero attached hydrogens (tertiary/aromatic N) is 2. The van der Waals surface area contributed by atoms with Gasteiger partial charge in [0.25, 0.3) is 0 Å². The van der Waals surface area contributed by atoms with Crippen LogP contribution < -0.4 is 10.4 Å². The Labute approximate surface area is 192 Å². The zero-order chi connectivity index (χ0) is 23.4. The minimum absolute atomic E-state index is 0.0244. The standard InChI is InChI=1S/C26H29FN2O4/c1-18-21-9-8-20(32-2)16-24(21)33-26(31)22(18)10-11-25(30)29-13-5-12-28(14-15-29)17-19-6-3-4-7-23(19)27/h3-4,6-9,16H,5,10-15,17H2,1-2H3. The number of ether oxygens (including phenoxy) is 1. The van der Waals surface area contributed by atoms with Crippen molar-refractivity contribution in [2.75, 3.05) is 33.3 Å². The van der Waals surface area contributed by atoms with Gasteiger partial charge in [-0.15, -0.1) is 0 Å². The third-order valence-corrected chi connectivity index (χ3v) is 6.38. The Balaban J connectivity index is 1.38. The second-order valence-electron chi connectivity index (χ2n) is 8.46. The largest absolute Gasteiger partial charge is 0.497 e. The molecule has 6 nitrogen and oxygen atoms in total. The first kappa shape index (κ1) is 23.0. The second-order valence-corrected chi connectivity index (χ2v) is 8.46. The van der Waals surface area contributed by atoms with Gasteiger partial charge in [0.1, 0.15) is 17.1 Å². The second kappa shape index (κ2) is 10.2. The van der Waals surface area contributed by atoms with Gasteiger partial charge in [-0.05, 0) is 43.5 Å². The van der Waals surface area contributed by atoms with Crippen LogP contribution in [-0.4, -0.2) is 49.0 Å². The Bertz CT molecular complexity index is 1210. The number of halogens is 1. The van der Waals surface area contributed by atoms with E-state index in [1.54, 1.807) is 25.3 Å². The number of aryl methyl sites for hydroxylation is 1. The van der Waals surface area contributed by atoms with Crippen molar-refractivity contribution < 1.29 is 18.3 Å². The average Bonchev–Trinajstić information content (AvgIpc) is 3.05. The summed E-state index contributed by atoms with van der Waals surface area (Å²) >= 11 is 0. The Hall–Kier alpha value is -3.19. The number of carbonyl (C=O) groups excluding carboxylic acids is 1. The SMILES string of the molecule is COc1ccc2c(C)c(CCC(=O)N3CCCN(Cc4ccccc4F)CC3)c(=O)oc2c1. The lowest BCUT2D eigenvalue weighted by Crippen LogP contribution is -2.35. The van der Waals surface area contributed by atoms with Crippen molar-refractivity contribution in [1.29, 1.82) is 0 Å². The normalized spacial score (nSPS) is 14.9. The molecule has 174 valence electrons. The van der Waals surface area contributed by atoms with Crippen molar-refractivity contribution in [2.24, 2.45) is 0 Å². The number of hydrogen-bond acceptors (Lipinski definition) is 5. The molecule has 7 heteroatoms. The molecule has 1 aliphatic rings. The summed E-state index contributed by atoms with van der Waals surface area (Å²) in [6.45, 7) is 5.19. The van der Waals surface area contributed by atoms with Crippen LogP contribution in [0.15, 0.2) is 51.7 Å². The average molecular weight is 453 g/mol. The summed E-state index contributed by atoms with van der Waals surface area (Å²) in [5.41, 5.74) is 2.12. The summed E-state index contributed by atoms with van der Waals surface area (Å²) in [5.74, 6) is 0.451. The Kier molecular flexibility index (Phi) is 7.08. The fourth-order valence-corrected chi connectivity index (χ4v) is 4.43. The van der Waals surface area contributed by atoms with E-state index in [0.717, 1.165) is 23.9 Å². The molecular formula is C26H29FN2O4. The maximum atomic E-state index is 14.0. The molecule has 1 amide bonds. The predicted octanol–water partition coefficient (Wildman–Crippen LogP) is 3.92. The quantitative estimate of drug-likeness (QED) is 0.531. The van der Waals surface area contributed by atoms with Crippen molar-refractivity contribution in [1.82, 2.24) is 9.80 Å². The fourth-order valence-electron chi connectivity index (χ4n) is 4.43. The number of rotatable bonds is 6. The zero-order valence-electron chi connectivity index (χ0n) is 19.1. The molecule has 1 aromatic heterocycles. The molecule has 0 atom stereocenters. The molecule has 2 heterocycles. The van der Waals surface area contributed by atoms with E-state index in [2.05, 4.69) is 4.90 Å². The Morgan fingerprint density at radius 2 is 1.94 bits per heavy atom. The van der Waals surface area contributed by atoms with Gasteiger partial charge in [-0.2, -0.15) is 0 Å². The van der Waals surface area contributed by atoms with Crippen LogP contribution in [0, 0.1) is 12.7 Å². The number of carbonyl (C=O) groups is 1. The summed E-state index contributed by atoms with van der Waals surface area (Å²) in [5, 5.41) is 0.844. The Morgan fingerprint density at radius 3 is 2.73 bits per heavy atom. The van der Waals surface area contributed by atoms with Crippen LogP contribution in [0.1, 0.15) is 29.5 Å². The molecule has 0 aliphatic carbocycles. The molecule has 1 fully saturated rings. The maximum absolute atomic E-state index is 14.0. The molecule has 33 heavy (non-hydrogen) atoms. The molecule has 0 N–H and O–H groups in total. The highest BCUT2D eigenvalue weighted by Gasteiger charge is 2.21. The van der Waals surface area contributed by atoms with Gasteiger partial charge in [0, 0.05) is 61.7 Å². The van der Waals surface area contributed by atoms with E-state index < -0.39 is 5.63 Å². The van der Waals surface area contributed by atoms with Gasteiger partial charge in [-0.1, -0.05) is 18.2 Å². The van der Waals surface area contributed by atoms with Gasteiger partial charge in [-0.25, -0.2) is 9.18 Å². The summed E-state index contributed by atoms with van der Waals surface area (Å²) in [7, 11) is 1.56. The lowest BCUT2D eigenvalue weighted by Gasteiger charge is -2.22. The topological polar surface area (TPSA) is 63.0 Å². The molecule has 0 saturated carbocycles. The lowest BCUT2D eigenvalue weighted by molar-refractivity contribution is -0.131. The van der Waals surface area contributed by atoms with E-state index in [-0.39, 0.29) is 18.1 Å². The lowest BCUT2D eigenvalue weighted by atomic mass is 10.0. The van der Waals surface area contributed by atoms with E-state index in [1.807, 2.05) is 30.0 Å². The van der Waals surface area contributed by atoms with E-state index in [1.165, 1.54) is 6.07 Å². The van der Waals surface area contributed by atoms with Crippen LogP contribution >= 0.6 is 0 Å². The van der Waals surface area contributed by atoms with E-state index >= 15 is 0 Å².